The third-order valence-corrected chi connectivity index (χ3v) is 4.56. The van der Waals surface area contributed by atoms with Crippen molar-refractivity contribution in [2.75, 3.05) is 11.9 Å². The lowest BCUT2D eigenvalue weighted by Crippen LogP contribution is -2.20. The van der Waals surface area contributed by atoms with E-state index in [1.54, 1.807) is 6.92 Å². The standard InChI is InChI=1S/C18H16BrClF2N2O5/c1-2-28-16(25)9-13(17-11(20)4-3-5-15(17)29-18(21)22)23-12-8-10(19)6-7-14(12)24(26)27/h3-8,13,18,23H,2,9H2,1H3. The molecule has 2 aromatic rings. The number of nitro groups is 1. The minimum atomic E-state index is -3.13. The van der Waals surface area contributed by atoms with Crippen molar-refractivity contribution in [2.24, 2.45) is 0 Å². The molecule has 0 bridgehead atoms. The Labute approximate surface area is 178 Å². The van der Waals surface area contributed by atoms with Gasteiger partial charge in [-0.1, -0.05) is 33.6 Å². The van der Waals surface area contributed by atoms with E-state index in [0.717, 1.165) is 0 Å². The zero-order valence-electron chi connectivity index (χ0n) is 15.0. The highest BCUT2D eigenvalue weighted by molar-refractivity contribution is 9.10. The molecule has 0 saturated carbocycles. The van der Waals surface area contributed by atoms with E-state index >= 15 is 0 Å². The Balaban J connectivity index is 2.54. The largest absolute Gasteiger partial charge is 0.466 e. The van der Waals surface area contributed by atoms with Gasteiger partial charge in [-0.05, 0) is 31.2 Å². The van der Waals surface area contributed by atoms with Crippen LogP contribution in [-0.4, -0.2) is 24.1 Å². The number of ether oxygens (including phenoxy) is 2. The molecule has 2 aromatic carbocycles. The van der Waals surface area contributed by atoms with Gasteiger partial charge in [0, 0.05) is 21.1 Å². The Hall–Kier alpha value is -2.46. The van der Waals surface area contributed by atoms with Crippen LogP contribution < -0.4 is 10.1 Å². The lowest BCUT2D eigenvalue weighted by Gasteiger charge is -2.23. The van der Waals surface area contributed by atoms with Crippen molar-refractivity contribution >= 4 is 44.9 Å². The van der Waals surface area contributed by atoms with Crippen molar-refractivity contribution in [1.82, 2.24) is 0 Å². The summed E-state index contributed by atoms with van der Waals surface area (Å²) in [6.07, 6.45) is -0.333. The summed E-state index contributed by atoms with van der Waals surface area (Å²) in [4.78, 5) is 22.9. The predicted molar refractivity (Wildman–Crippen MR) is 106 cm³/mol. The number of anilines is 1. The van der Waals surface area contributed by atoms with Crippen LogP contribution in [0, 0.1) is 10.1 Å². The SMILES string of the molecule is CCOC(=O)CC(Nc1cc(Br)ccc1[N+](=O)[O-])c1c(Cl)cccc1OC(F)F. The van der Waals surface area contributed by atoms with Crippen LogP contribution in [0.1, 0.15) is 24.9 Å². The van der Waals surface area contributed by atoms with Crippen LogP contribution in [0.25, 0.3) is 0 Å². The van der Waals surface area contributed by atoms with Gasteiger partial charge >= 0.3 is 12.6 Å². The molecule has 156 valence electrons. The second-order valence-corrected chi connectivity index (χ2v) is 6.98. The quantitative estimate of drug-likeness (QED) is 0.273. The second kappa shape index (κ2) is 10.4. The normalized spacial score (nSPS) is 11.8. The first-order chi connectivity index (χ1) is 13.7. The van der Waals surface area contributed by atoms with Crippen molar-refractivity contribution in [1.29, 1.82) is 0 Å². The molecule has 0 heterocycles. The van der Waals surface area contributed by atoms with Gasteiger partial charge in [-0.15, -0.1) is 0 Å². The molecule has 1 N–H and O–H groups in total. The van der Waals surface area contributed by atoms with E-state index in [0.29, 0.717) is 4.47 Å². The maximum Gasteiger partial charge on any atom is 0.387 e. The summed E-state index contributed by atoms with van der Waals surface area (Å²) >= 11 is 9.43. The second-order valence-electron chi connectivity index (χ2n) is 5.65. The van der Waals surface area contributed by atoms with Crippen molar-refractivity contribution in [3.8, 4) is 5.75 Å². The average molecular weight is 494 g/mol. The van der Waals surface area contributed by atoms with E-state index in [1.807, 2.05) is 0 Å². The number of rotatable bonds is 9. The molecule has 0 aliphatic rings. The molecule has 0 aliphatic heterocycles. The molecule has 2 rings (SSSR count). The highest BCUT2D eigenvalue weighted by Crippen LogP contribution is 2.39. The molecule has 0 aromatic heterocycles. The maximum absolute atomic E-state index is 12.9. The first-order valence-electron chi connectivity index (χ1n) is 8.32. The summed E-state index contributed by atoms with van der Waals surface area (Å²) in [5.41, 5.74) is -0.163. The monoisotopic (exact) mass is 492 g/mol. The van der Waals surface area contributed by atoms with Gasteiger partial charge in [0.15, 0.2) is 0 Å². The van der Waals surface area contributed by atoms with Gasteiger partial charge < -0.3 is 14.8 Å². The summed E-state index contributed by atoms with van der Waals surface area (Å²) in [5, 5.41) is 14.3. The number of esters is 1. The predicted octanol–water partition coefficient (Wildman–Crippen LogP) is 5.72. The lowest BCUT2D eigenvalue weighted by atomic mass is 10.0. The third kappa shape index (κ3) is 6.26. The number of halogens is 4. The highest BCUT2D eigenvalue weighted by Gasteiger charge is 2.27. The van der Waals surface area contributed by atoms with Gasteiger partial charge in [0.25, 0.3) is 5.69 Å². The first kappa shape index (κ1) is 22.8. The minimum absolute atomic E-state index is 0.0441. The molecule has 0 aliphatic carbocycles. The van der Waals surface area contributed by atoms with E-state index < -0.39 is 23.5 Å². The first-order valence-corrected chi connectivity index (χ1v) is 9.49. The lowest BCUT2D eigenvalue weighted by molar-refractivity contribution is -0.384. The molecule has 1 atom stereocenters. The van der Waals surface area contributed by atoms with Gasteiger partial charge in [0.1, 0.15) is 11.4 Å². The maximum atomic E-state index is 12.9. The molecule has 0 amide bonds. The minimum Gasteiger partial charge on any atom is -0.466 e. The Kier molecular flexibility index (Phi) is 8.15. The Morgan fingerprint density at radius 1 is 1.34 bits per heavy atom. The fourth-order valence-corrected chi connectivity index (χ4v) is 3.30. The van der Waals surface area contributed by atoms with E-state index in [1.165, 1.54) is 36.4 Å². The fraction of sp³-hybridized carbons (Fsp3) is 0.278. The summed E-state index contributed by atoms with van der Waals surface area (Å²) < 4.78 is 35.7. The molecule has 11 heteroatoms. The summed E-state index contributed by atoms with van der Waals surface area (Å²) in [5.74, 6) is -0.905. The van der Waals surface area contributed by atoms with Crippen LogP contribution in [0.2, 0.25) is 5.02 Å². The molecule has 0 fully saturated rings. The number of nitrogens with one attached hydrogen (secondary N) is 1. The van der Waals surface area contributed by atoms with Crippen LogP contribution >= 0.6 is 27.5 Å². The average Bonchev–Trinajstić information content (AvgIpc) is 2.61. The van der Waals surface area contributed by atoms with Crippen molar-refractivity contribution < 1.29 is 28.0 Å². The topological polar surface area (TPSA) is 90.7 Å². The molecule has 1 unspecified atom stereocenters. The van der Waals surface area contributed by atoms with Crippen LogP contribution in [0.4, 0.5) is 20.2 Å². The van der Waals surface area contributed by atoms with Gasteiger partial charge in [-0.25, -0.2) is 0 Å². The number of nitro benzene ring substituents is 1. The number of carbonyl (C=O) groups is 1. The van der Waals surface area contributed by atoms with Gasteiger partial charge in [0.05, 0.1) is 24.0 Å². The fourth-order valence-electron chi connectivity index (χ4n) is 2.64. The van der Waals surface area contributed by atoms with Gasteiger partial charge in [0.2, 0.25) is 0 Å². The number of nitrogens with zero attached hydrogens (tertiary/aromatic N) is 1. The Morgan fingerprint density at radius 2 is 2.07 bits per heavy atom. The van der Waals surface area contributed by atoms with Crippen LogP contribution in [0.3, 0.4) is 0 Å². The zero-order chi connectivity index (χ0) is 21.6. The smallest absolute Gasteiger partial charge is 0.387 e. The van der Waals surface area contributed by atoms with Crippen LogP contribution in [-0.2, 0) is 9.53 Å². The van der Waals surface area contributed by atoms with Crippen molar-refractivity contribution in [3.63, 3.8) is 0 Å². The van der Waals surface area contributed by atoms with E-state index in [-0.39, 0.29) is 40.7 Å². The molecular formula is C18H16BrClF2N2O5. The van der Waals surface area contributed by atoms with Crippen LogP contribution in [0.15, 0.2) is 40.9 Å². The highest BCUT2D eigenvalue weighted by atomic mass is 79.9. The number of hydrogen-bond acceptors (Lipinski definition) is 6. The molecule has 0 spiro atoms. The van der Waals surface area contributed by atoms with E-state index in [2.05, 4.69) is 26.0 Å². The van der Waals surface area contributed by atoms with Gasteiger partial charge in [-0.2, -0.15) is 8.78 Å². The third-order valence-electron chi connectivity index (χ3n) is 3.74. The number of carbonyl (C=O) groups excluding carboxylic acids is 1. The summed E-state index contributed by atoms with van der Waals surface area (Å²) in [6.45, 7) is -1.41. The molecule has 0 radical (unpaired) electrons. The van der Waals surface area contributed by atoms with Crippen molar-refractivity contribution in [2.45, 2.75) is 26.0 Å². The Bertz CT molecular complexity index is 901. The number of hydrogen-bond donors (Lipinski definition) is 1. The number of alkyl halides is 2. The Morgan fingerprint density at radius 3 is 2.69 bits per heavy atom. The molecule has 0 saturated heterocycles. The van der Waals surface area contributed by atoms with Crippen LogP contribution in [0.5, 0.6) is 5.75 Å². The molecular weight excluding hydrogens is 478 g/mol. The van der Waals surface area contributed by atoms with E-state index in [4.69, 9.17) is 16.3 Å². The number of benzene rings is 2. The zero-order valence-corrected chi connectivity index (χ0v) is 17.4. The van der Waals surface area contributed by atoms with Crippen molar-refractivity contribution in [3.05, 3.63) is 61.6 Å². The van der Waals surface area contributed by atoms with E-state index in [9.17, 15) is 23.7 Å². The molecule has 29 heavy (non-hydrogen) atoms. The molecule has 7 nitrogen and oxygen atoms in total. The van der Waals surface area contributed by atoms with Gasteiger partial charge in [-0.3, -0.25) is 14.9 Å². The summed E-state index contributed by atoms with van der Waals surface area (Å²) in [7, 11) is 0. The summed E-state index contributed by atoms with van der Waals surface area (Å²) in [6, 6.07) is 7.24.